The number of fused-ring (bicyclic) bond motifs is 2. The van der Waals surface area contributed by atoms with Crippen molar-refractivity contribution >= 4 is 18.2 Å². The van der Waals surface area contributed by atoms with Gasteiger partial charge in [0.25, 0.3) is 0 Å². The fourth-order valence-corrected chi connectivity index (χ4v) is 4.50. The van der Waals surface area contributed by atoms with Crippen LogP contribution >= 0.6 is 0 Å². The molecule has 5 heteroatoms. The third kappa shape index (κ3) is 2.66. The standard InChI is InChI=1S/C21H24O5/c1-3-7-14-10-11-15(12-13-22)21(18(14)19(23)25-4-2)16-8-5-6-9-17(16)26-20(21)24/h5-6,8-11,13-15,18H,3-4,7,12H2,1-2H3/t14-,15-,18-,21-/m1/s1. The summed E-state index contributed by atoms with van der Waals surface area (Å²) in [6.45, 7) is 4.03. The molecule has 26 heavy (non-hydrogen) atoms. The molecule has 0 saturated heterocycles. The molecule has 1 aliphatic heterocycles. The number of carbonyl (C=O) groups is 3. The van der Waals surface area contributed by atoms with Crippen molar-refractivity contribution in [3.05, 3.63) is 42.0 Å². The second kappa shape index (κ2) is 7.44. The summed E-state index contributed by atoms with van der Waals surface area (Å²) in [5.41, 5.74) is -0.529. The van der Waals surface area contributed by atoms with Crippen LogP contribution in [0.4, 0.5) is 0 Å². The molecule has 2 aliphatic rings. The van der Waals surface area contributed by atoms with E-state index in [1.54, 1.807) is 19.1 Å². The van der Waals surface area contributed by atoms with E-state index in [0.717, 1.165) is 19.1 Å². The minimum Gasteiger partial charge on any atom is -0.466 e. The van der Waals surface area contributed by atoms with Gasteiger partial charge in [0, 0.05) is 17.9 Å². The molecule has 1 aromatic carbocycles. The molecular formula is C21H24O5. The third-order valence-electron chi connectivity index (χ3n) is 5.48. The summed E-state index contributed by atoms with van der Waals surface area (Å²) in [5.74, 6) is -1.67. The monoisotopic (exact) mass is 356 g/mol. The van der Waals surface area contributed by atoms with Gasteiger partial charge in [-0.25, -0.2) is 0 Å². The topological polar surface area (TPSA) is 69.7 Å². The first-order valence-electron chi connectivity index (χ1n) is 9.21. The van der Waals surface area contributed by atoms with Crippen molar-refractivity contribution in [1.82, 2.24) is 0 Å². The number of ether oxygens (including phenoxy) is 2. The summed E-state index contributed by atoms with van der Waals surface area (Å²) >= 11 is 0. The van der Waals surface area contributed by atoms with Crippen molar-refractivity contribution in [3.8, 4) is 5.75 Å². The summed E-state index contributed by atoms with van der Waals surface area (Å²) in [6, 6.07) is 7.18. The maximum atomic E-state index is 13.2. The molecule has 5 nitrogen and oxygen atoms in total. The summed E-state index contributed by atoms with van der Waals surface area (Å²) in [4.78, 5) is 37.5. The van der Waals surface area contributed by atoms with Crippen LogP contribution in [0, 0.1) is 17.8 Å². The number of aldehydes is 1. The second-order valence-electron chi connectivity index (χ2n) is 6.83. The fraction of sp³-hybridized carbons (Fsp3) is 0.476. The number of allylic oxidation sites excluding steroid dienone is 2. The van der Waals surface area contributed by atoms with Gasteiger partial charge in [0.15, 0.2) is 0 Å². The van der Waals surface area contributed by atoms with Gasteiger partial charge in [0.05, 0.1) is 12.5 Å². The number of hydrogen-bond acceptors (Lipinski definition) is 5. The average molecular weight is 356 g/mol. The van der Waals surface area contributed by atoms with E-state index in [4.69, 9.17) is 9.47 Å². The lowest BCUT2D eigenvalue weighted by Gasteiger charge is -2.44. The molecule has 0 bridgehead atoms. The molecule has 1 aliphatic carbocycles. The highest BCUT2D eigenvalue weighted by Gasteiger charge is 2.63. The number of benzene rings is 1. The van der Waals surface area contributed by atoms with Gasteiger partial charge in [-0.15, -0.1) is 0 Å². The highest BCUT2D eigenvalue weighted by atomic mass is 16.5. The third-order valence-corrected chi connectivity index (χ3v) is 5.48. The predicted molar refractivity (Wildman–Crippen MR) is 95.6 cm³/mol. The molecule has 0 fully saturated rings. The first kappa shape index (κ1) is 18.4. The number of carbonyl (C=O) groups excluding carboxylic acids is 3. The molecule has 0 aromatic heterocycles. The van der Waals surface area contributed by atoms with Crippen LogP contribution in [0.15, 0.2) is 36.4 Å². The van der Waals surface area contributed by atoms with Crippen LogP contribution in [0.25, 0.3) is 0 Å². The lowest BCUT2D eigenvalue weighted by atomic mass is 9.55. The van der Waals surface area contributed by atoms with Crippen LogP contribution in [0.1, 0.15) is 38.7 Å². The first-order valence-corrected chi connectivity index (χ1v) is 9.21. The summed E-state index contributed by atoms with van der Waals surface area (Å²) < 4.78 is 10.9. The predicted octanol–water partition coefficient (Wildman–Crippen LogP) is 3.21. The summed E-state index contributed by atoms with van der Waals surface area (Å²) in [5, 5.41) is 0. The highest BCUT2D eigenvalue weighted by Crippen LogP contribution is 2.56. The van der Waals surface area contributed by atoms with E-state index in [1.165, 1.54) is 0 Å². The van der Waals surface area contributed by atoms with Crippen LogP contribution in [0.3, 0.4) is 0 Å². The molecule has 1 aromatic rings. The fourth-order valence-electron chi connectivity index (χ4n) is 4.50. The molecule has 3 rings (SSSR count). The van der Waals surface area contributed by atoms with Crippen molar-refractivity contribution in [3.63, 3.8) is 0 Å². The van der Waals surface area contributed by atoms with Crippen LogP contribution in [0.2, 0.25) is 0 Å². The zero-order chi connectivity index (χ0) is 18.7. The van der Waals surface area contributed by atoms with Crippen molar-refractivity contribution < 1.29 is 23.9 Å². The molecule has 1 heterocycles. The number of para-hydroxylation sites is 1. The zero-order valence-electron chi connectivity index (χ0n) is 15.1. The van der Waals surface area contributed by atoms with Gasteiger partial charge >= 0.3 is 11.9 Å². The van der Waals surface area contributed by atoms with Crippen molar-refractivity contribution in [2.24, 2.45) is 17.8 Å². The zero-order valence-corrected chi connectivity index (χ0v) is 15.1. The van der Waals surface area contributed by atoms with Gasteiger partial charge < -0.3 is 14.3 Å². The summed E-state index contributed by atoms with van der Waals surface area (Å²) in [6.07, 6.45) is 6.45. The maximum absolute atomic E-state index is 13.2. The maximum Gasteiger partial charge on any atom is 0.323 e. The van der Waals surface area contributed by atoms with Crippen LogP contribution in [-0.4, -0.2) is 24.8 Å². The summed E-state index contributed by atoms with van der Waals surface area (Å²) in [7, 11) is 0. The lowest BCUT2D eigenvalue weighted by molar-refractivity contribution is -0.161. The van der Waals surface area contributed by atoms with Crippen LogP contribution < -0.4 is 4.74 Å². The Balaban J connectivity index is 2.24. The van der Waals surface area contributed by atoms with Gasteiger partial charge in [0.1, 0.15) is 17.5 Å². The molecule has 0 saturated carbocycles. The SMILES string of the molecule is CCC[C@@H]1C=C[C@H](CC=O)[C@]2(C(=O)Oc3ccccc32)[C@H]1C(=O)OCC. The Morgan fingerprint density at radius 3 is 2.73 bits per heavy atom. The Kier molecular flexibility index (Phi) is 5.25. The smallest absolute Gasteiger partial charge is 0.323 e. The molecule has 138 valence electrons. The Hall–Kier alpha value is -2.43. The lowest BCUT2D eigenvalue weighted by Crippen LogP contribution is -2.55. The van der Waals surface area contributed by atoms with E-state index in [1.807, 2.05) is 31.2 Å². The Bertz CT molecular complexity index is 738. The van der Waals surface area contributed by atoms with Crippen LogP contribution in [0.5, 0.6) is 5.75 Å². The van der Waals surface area contributed by atoms with E-state index in [-0.39, 0.29) is 18.9 Å². The second-order valence-corrected chi connectivity index (χ2v) is 6.83. The van der Waals surface area contributed by atoms with Gasteiger partial charge in [-0.05, 0) is 25.3 Å². The molecule has 4 atom stereocenters. The Morgan fingerprint density at radius 1 is 1.27 bits per heavy atom. The van der Waals surface area contributed by atoms with E-state index in [0.29, 0.717) is 11.3 Å². The van der Waals surface area contributed by atoms with E-state index >= 15 is 0 Å². The van der Waals surface area contributed by atoms with Gasteiger partial charge in [0.2, 0.25) is 0 Å². The van der Waals surface area contributed by atoms with Crippen LogP contribution in [-0.2, 0) is 24.5 Å². The van der Waals surface area contributed by atoms with E-state index in [9.17, 15) is 14.4 Å². The van der Waals surface area contributed by atoms with Gasteiger partial charge in [-0.3, -0.25) is 9.59 Å². The minimum atomic E-state index is -1.21. The quantitative estimate of drug-likeness (QED) is 0.339. The normalized spacial score (nSPS) is 29.3. The largest absolute Gasteiger partial charge is 0.466 e. The highest BCUT2D eigenvalue weighted by molar-refractivity contribution is 5.97. The first-order chi connectivity index (χ1) is 12.6. The number of rotatable bonds is 6. The number of esters is 2. The molecule has 1 spiro atoms. The molecule has 0 unspecified atom stereocenters. The molecule has 0 N–H and O–H groups in total. The van der Waals surface area contributed by atoms with E-state index < -0.39 is 29.2 Å². The van der Waals surface area contributed by atoms with Gasteiger partial charge in [-0.2, -0.15) is 0 Å². The average Bonchev–Trinajstić information content (AvgIpc) is 2.91. The van der Waals surface area contributed by atoms with Gasteiger partial charge in [-0.1, -0.05) is 43.7 Å². The van der Waals surface area contributed by atoms with Crippen molar-refractivity contribution in [2.75, 3.05) is 6.61 Å². The van der Waals surface area contributed by atoms with Crippen molar-refractivity contribution in [1.29, 1.82) is 0 Å². The number of hydrogen-bond donors (Lipinski definition) is 0. The minimum absolute atomic E-state index is 0.138. The molecule has 0 amide bonds. The van der Waals surface area contributed by atoms with Crippen molar-refractivity contribution in [2.45, 2.75) is 38.5 Å². The Morgan fingerprint density at radius 2 is 2.04 bits per heavy atom. The Labute approximate surface area is 153 Å². The molecular weight excluding hydrogens is 332 g/mol. The molecule has 0 radical (unpaired) electrons. The van der Waals surface area contributed by atoms with E-state index in [2.05, 4.69) is 0 Å².